The first-order chi connectivity index (χ1) is 19.0. The molecule has 0 aromatic carbocycles. The average molecular weight is 545 g/mol. The molecule has 3 aromatic heterocycles. The van der Waals surface area contributed by atoms with Crippen LogP contribution in [-0.4, -0.2) is 93.6 Å². The zero-order valence-corrected chi connectivity index (χ0v) is 21.6. The van der Waals surface area contributed by atoms with Gasteiger partial charge in [0.05, 0.1) is 36.9 Å². The van der Waals surface area contributed by atoms with E-state index in [2.05, 4.69) is 25.2 Å². The molecule has 5 rings (SSSR count). The third-order valence-electron chi connectivity index (χ3n) is 6.20. The Labute approximate surface area is 224 Å². The van der Waals surface area contributed by atoms with E-state index in [0.717, 1.165) is 43.9 Å². The van der Waals surface area contributed by atoms with Crippen molar-refractivity contribution in [2.45, 2.75) is 32.0 Å². The number of nitrogens with zero attached hydrogens (tertiary/aromatic N) is 5. The number of pyridine rings is 2. The van der Waals surface area contributed by atoms with Crippen LogP contribution in [0, 0.1) is 0 Å². The third kappa shape index (κ3) is 8.35. The molecule has 3 aromatic rings. The molecule has 5 heterocycles. The van der Waals surface area contributed by atoms with Crippen molar-refractivity contribution in [3.05, 3.63) is 46.8 Å². The van der Waals surface area contributed by atoms with Crippen LogP contribution in [0.1, 0.15) is 18.5 Å². The fraction of sp³-hybridized carbons (Fsp3) is 0.440. The minimum absolute atomic E-state index is 0.124. The van der Waals surface area contributed by atoms with E-state index in [4.69, 9.17) is 34.0 Å². The quantitative estimate of drug-likeness (QED) is 0.353. The number of fused-ring (bicyclic) bond motifs is 2. The fourth-order valence-electron chi connectivity index (χ4n) is 4.31. The Balaban J connectivity index is 0.000000643. The summed E-state index contributed by atoms with van der Waals surface area (Å²) in [5.41, 5.74) is 2.08. The van der Waals surface area contributed by atoms with E-state index in [1.165, 1.54) is 6.20 Å². The highest BCUT2D eigenvalue weighted by Crippen LogP contribution is 2.29. The van der Waals surface area contributed by atoms with Crippen molar-refractivity contribution < 1.29 is 34.0 Å². The standard InChI is InChI=1S/C23H28N6O4.2CH2O2/c1-31-18-11-19-23(26-13-18)27-15-22(30)29(19)7-6-28-4-2-16(3-5-28)24-12-17-10-20-21(14-25-17)33-9-8-32-20;2*2-1-3/h10-11,13-16,24H,2-9,12H2,1H3;2*1H,(H,2,3). The number of aromatic nitrogens is 4. The molecule has 1 fully saturated rings. The Kier molecular flexibility index (Phi) is 11.4. The van der Waals surface area contributed by atoms with Gasteiger partial charge in [-0.3, -0.25) is 19.4 Å². The topological polar surface area (TPSA) is 178 Å². The normalized spacial score (nSPS) is 14.8. The molecule has 3 N–H and O–H groups in total. The van der Waals surface area contributed by atoms with E-state index in [1.54, 1.807) is 24.1 Å². The van der Waals surface area contributed by atoms with Crippen LogP contribution in [0.2, 0.25) is 0 Å². The Morgan fingerprint density at radius 2 is 1.67 bits per heavy atom. The Morgan fingerprint density at radius 3 is 2.36 bits per heavy atom. The second kappa shape index (κ2) is 15.2. The number of rotatable bonds is 7. The van der Waals surface area contributed by atoms with Gasteiger partial charge in [-0.25, -0.2) is 9.97 Å². The first-order valence-electron chi connectivity index (χ1n) is 12.3. The summed E-state index contributed by atoms with van der Waals surface area (Å²) in [5.74, 6) is 2.10. The minimum atomic E-state index is -0.250. The predicted octanol–water partition coefficient (Wildman–Crippen LogP) is 0.622. The van der Waals surface area contributed by atoms with Gasteiger partial charge in [0.2, 0.25) is 0 Å². The monoisotopic (exact) mass is 544 g/mol. The maximum Gasteiger partial charge on any atom is 0.290 e. The lowest BCUT2D eigenvalue weighted by atomic mass is 10.0. The van der Waals surface area contributed by atoms with Gasteiger partial charge in [-0.1, -0.05) is 0 Å². The summed E-state index contributed by atoms with van der Waals surface area (Å²) in [6.45, 7) is 4.69. The number of methoxy groups -OCH3 is 1. The van der Waals surface area contributed by atoms with E-state index >= 15 is 0 Å². The van der Waals surface area contributed by atoms with Crippen LogP contribution in [0.15, 0.2) is 35.5 Å². The summed E-state index contributed by atoms with van der Waals surface area (Å²) in [7, 11) is 1.59. The molecule has 0 spiro atoms. The molecule has 210 valence electrons. The molecule has 0 radical (unpaired) electrons. The van der Waals surface area contributed by atoms with Gasteiger partial charge >= 0.3 is 0 Å². The molecule has 0 amide bonds. The average Bonchev–Trinajstić information content (AvgIpc) is 2.96. The van der Waals surface area contributed by atoms with Crippen molar-refractivity contribution in [2.75, 3.05) is 40.0 Å². The summed E-state index contributed by atoms with van der Waals surface area (Å²) < 4.78 is 18.2. The molecule has 0 bridgehead atoms. The van der Waals surface area contributed by atoms with E-state index in [9.17, 15) is 4.79 Å². The molecule has 2 aliphatic heterocycles. The van der Waals surface area contributed by atoms with Crippen molar-refractivity contribution in [3.8, 4) is 17.2 Å². The SMILES string of the molecule is COc1cnc2ncc(=O)n(CCN3CCC(NCc4cc5c(cn4)OCCO5)CC3)c2c1.O=CO.O=CO. The molecule has 14 nitrogen and oxygen atoms in total. The molecule has 0 aliphatic carbocycles. The fourth-order valence-corrected chi connectivity index (χ4v) is 4.31. The molecule has 39 heavy (non-hydrogen) atoms. The third-order valence-corrected chi connectivity index (χ3v) is 6.20. The molecular weight excluding hydrogens is 512 g/mol. The van der Waals surface area contributed by atoms with Crippen molar-refractivity contribution >= 4 is 24.1 Å². The van der Waals surface area contributed by atoms with Gasteiger partial charge in [0.25, 0.3) is 18.5 Å². The van der Waals surface area contributed by atoms with Gasteiger partial charge in [-0.2, -0.15) is 0 Å². The lowest BCUT2D eigenvalue weighted by Crippen LogP contribution is -2.43. The molecule has 2 aliphatic rings. The predicted molar refractivity (Wildman–Crippen MR) is 139 cm³/mol. The van der Waals surface area contributed by atoms with Crippen LogP contribution < -0.4 is 25.1 Å². The van der Waals surface area contributed by atoms with E-state index in [0.29, 0.717) is 55.0 Å². The zero-order valence-electron chi connectivity index (χ0n) is 21.6. The first kappa shape index (κ1) is 29.3. The highest BCUT2D eigenvalue weighted by atomic mass is 16.6. The first-order valence-corrected chi connectivity index (χ1v) is 12.3. The molecule has 1 saturated heterocycles. The number of hydrogen-bond acceptors (Lipinski definition) is 11. The molecule has 0 atom stereocenters. The van der Waals surface area contributed by atoms with E-state index in [1.807, 2.05) is 12.1 Å². The van der Waals surface area contributed by atoms with Crippen LogP contribution in [-0.2, 0) is 22.7 Å². The Hall–Kier alpha value is -4.30. The van der Waals surface area contributed by atoms with Crippen LogP contribution in [0.3, 0.4) is 0 Å². The zero-order chi connectivity index (χ0) is 28.0. The molecule has 0 unspecified atom stereocenters. The number of nitrogens with one attached hydrogen (secondary N) is 1. The van der Waals surface area contributed by atoms with E-state index in [-0.39, 0.29) is 18.5 Å². The summed E-state index contributed by atoms with van der Waals surface area (Å²) in [4.78, 5) is 44.5. The van der Waals surface area contributed by atoms with Gasteiger partial charge in [-0.15, -0.1) is 0 Å². The summed E-state index contributed by atoms with van der Waals surface area (Å²) in [6.07, 6.45) is 6.79. The number of ether oxygens (including phenoxy) is 3. The van der Waals surface area contributed by atoms with Crippen LogP contribution >= 0.6 is 0 Å². The minimum Gasteiger partial charge on any atom is -0.495 e. The van der Waals surface area contributed by atoms with Gasteiger partial charge in [0.15, 0.2) is 17.1 Å². The van der Waals surface area contributed by atoms with Crippen LogP contribution in [0.25, 0.3) is 11.2 Å². The van der Waals surface area contributed by atoms with E-state index < -0.39 is 0 Å². The maximum atomic E-state index is 12.4. The van der Waals surface area contributed by atoms with Gasteiger partial charge in [0, 0.05) is 37.8 Å². The summed E-state index contributed by atoms with van der Waals surface area (Å²) >= 11 is 0. The second-order valence-electron chi connectivity index (χ2n) is 8.49. The van der Waals surface area contributed by atoms with Gasteiger partial charge < -0.3 is 39.2 Å². The smallest absolute Gasteiger partial charge is 0.290 e. The second-order valence-corrected chi connectivity index (χ2v) is 8.49. The number of carboxylic acid groups (broad SMARTS) is 2. The number of hydrogen-bond donors (Lipinski definition) is 3. The van der Waals surface area contributed by atoms with Gasteiger partial charge in [-0.05, 0) is 25.9 Å². The Morgan fingerprint density at radius 1 is 1.00 bits per heavy atom. The van der Waals surface area contributed by atoms with Crippen molar-refractivity contribution in [1.82, 2.24) is 29.7 Å². The highest BCUT2D eigenvalue weighted by Gasteiger charge is 2.20. The Bertz CT molecular complexity index is 1270. The molecule has 0 saturated carbocycles. The summed E-state index contributed by atoms with van der Waals surface area (Å²) in [6, 6.07) is 4.21. The number of piperidine rings is 1. The lowest BCUT2D eigenvalue weighted by Gasteiger charge is -2.32. The number of likely N-dealkylation sites (tertiary alicyclic amines) is 1. The lowest BCUT2D eigenvalue weighted by molar-refractivity contribution is -0.123. The molecular formula is C25H32N6O8. The van der Waals surface area contributed by atoms with Crippen LogP contribution in [0.4, 0.5) is 0 Å². The largest absolute Gasteiger partial charge is 0.495 e. The summed E-state index contributed by atoms with van der Waals surface area (Å²) in [5, 5.41) is 17.4. The van der Waals surface area contributed by atoms with Gasteiger partial charge in [0.1, 0.15) is 19.0 Å². The number of carbonyl (C=O) groups is 2. The van der Waals surface area contributed by atoms with Crippen molar-refractivity contribution in [1.29, 1.82) is 0 Å². The van der Waals surface area contributed by atoms with Crippen LogP contribution in [0.5, 0.6) is 17.2 Å². The van der Waals surface area contributed by atoms with Crippen molar-refractivity contribution in [2.24, 2.45) is 0 Å². The maximum absolute atomic E-state index is 12.4. The van der Waals surface area contributed by atoms with Crippen molar-refractivity contribution in [3.63, 3.8) is 0 Å². The highest BCUT2D eigenvalue weighted by molar-refractivity contribution is 5.71. The molecule has 14 heteroatoms.